The molecule has 1 aromatic carbocycles. The molecule has 0 bridgehead atoms. The first-order valence-corrected chi connectivity index (χ1v) is 10.1. The highest BCUT2D eigenvalue weighted by atomic mass is 32.1. The number of ether oxygens (including phenoxy) is 2. The van der Waals surface area contributed by atoms with Crippen LogP contribution in [0.5, 0.6) is 11.6 Å². The maximum Gasteiger partial charge on any atom is 0.325 e. The van der Waals surface area contributed by atoms with E-state index >= 15 is 0 Å². The molecule has 8 heteroatoms. The van der Waals surface area contributed by atoms with Crippen molar-refractivity contribution >= 4 is 28.2 Å². The molecule has 0 saturated heterocycles. The zero-order valence-corrected chi connectivity index (χ0v) is 17.5. The molecule has 3 aromatic rings. The fraction of sp³-hybridized carbons (Fsp3) is 0.286. The van der Waals surface area contributed by atoms with Gasteiger partial charge in [0.15, 0.2) is 5.13 Å². The predicted octanol–water partition coefficient (Wildman–Crippen LogP) is 5.10. The van der Waals surface area contributed by atoms with E-state index in [1.807, 2.05) is 37.3 Å². The number of nitrogens with zero attached hydrogens (tertiary/aromatic N) is 2. The van der Waals surface area contributed by atoms with Crippen LogP contribution in [-0.2, 0) is 6.61 Å². The number of pyridine rings is 1. The highest BCUT2D eigenvalue weighted by Gasteiger charge is 2.11. The van der Waals surface area contributed by atoms with Gasteiger partial charge in [-0.25, -0.2) is 14.8 Å². The molecule has 29 heavy (non-hydrogen) atoms. The first-order valence-electron chi connectivity index (χ1n) is 9.29. The summed E-state index contributed by atoms with van der Waals surface area (Å²) in [7, 11) is 0. The number of aromatic nitrogens is 2. The summed E-state index contributed by atoms with van der Waals surface area (Å²) in [4.78, 5) is 21.6. The number of nitrogens with one attached hydrogen (secondary N) is 2. The first-order chi connectivity index (χ1) is 14.0. The third kappa shape index (κ3) is 6.46. The summed E-state index contributed by atoms with van der Waals surface area (Å²) in [6.07, 6.45) is 3.34. The van der Waals surface area contributed by atoms with Crippen LogP contribution in [0.1, 0.15) is 24.3 Å². The molecule has 3 rings (SSSR count). The second kappa shape index (κ2) is 9.88. The van der Waals surface area contributed by atoms with Crippen molar-refractivity contribution in [1.82, 2.24) is 9.97 Å². The number of thiazole rings is 1. The van der Waals surface area contributed by atoms with Crippen molar-refractivity contribution in [2.24, 2.45) is 5.92 Å². The van der Waals surface area contributed by atoms with Gasteiger partial charge in [0, 0.05) is 18.5 Å². The Morgan fingerprint density at radius 2 is 2.00 bits per heavy atom. The highest BCUT2D eigenvalue weighted by molar-refractivity contribution is 7.15. The minimum atomic E-state index is -0.380. The van der Waals surface area contributed by atoms with Gasteiger partial charge in [-0.2, -0.15) is 0 Å². The molecule has 2 N–H and O–H groups in total. The molecule has 0 aliphatic carbocycles. The fourth-order valence-electron chi connectivity index (χ4n) is 2.37. The van der Waals surface area contributed by atoms with Crippen LogP contribution in [0, 0.1) is 12.8 Å². The Bertz CT molecular complexity index is 944. The van der Waals surface area contributed by atoms with Gasteiger partial charge in [-0.1, -0.05) is 37.3 Å². The summed E-state index contributed by atoms with van der Waals surface area (Å²) >= 11 is 1.34. The molecule has 2 aromatic heterocycles. The fourth-order valence-corrected chi connectivity index (χ4v) is 3.09. The SMILES string of the molecule is Cc1ccc(NC(=O)Nc2ncc(COc3ccccn3)s2)c(OCC(C)C)c1. The molecular weight excluding hydrogens is 388 g/mol. The summed E-state index contributed by atoms with van der Waals surface area (Å²) in [6, 6.07) is 10.8. The molecular formula is C21H24N4O3S. The van der Waals surface area contributed by atoms with Crippen molar-refractivity contribution in [2.75, 3.05) is 17.2 Å². The summed E-state index contributed by atoms with van der Waals surface area (Å²) in [6.45, 7) is 7.05. The van der Waals surface area contributed by atoms with Crippen LogP contribution in [0.15, 0.2) is 48.8 Å². The van der Waals surface area contributed by atoms with Gasteiger partial charge in [0.25, 0.3) is 0 Å². The molecule has 2 heterocycles. The average Bonchev–Trinajstić information content (AvgIpc) is 3.14. The second-order valence-electron chi connectivity index (χ2n) is 6.87. The van der Waals surface area contributed by atoms with E-state index in [1.165, 1.54) is 11.3 Å². The summed E-state index contributed by atoms with van der Waals surface area (Å²) < 4.78 is 11.4. The lowest BCUT2D eigenvalue weighted by Gasteiger charge is -2.14. The van der Waals surface area contributed by atoms with Crippen molar-refractivity contribution < 1.29 is 14.3 Å². The predicted molar refractivity (Wildman–Crippen MR) is 115 cm³/mol. The van der Waals surface area contributed by atoms with E-state index in [0.29, 0.717) is 41.6 Å². The maximum atomic E-state index is 12.4. The van der Waals surface area contributed by atoms with Crippen LogP contribution in [0.2, 0.25) is 0 Å². The minimum Gasteiger partial charge on any atom is -0.491 e. The number of amides is 2. The van der Waals surface area contributed by atoms with E-state index in [1.54, 1.807) is 18.5 Å². The Kier molecular flexibility index (Phi) is 7.02. The Labute approximate surface area is 174 Å². The number of rotatable bonds is 8. The largest absolute Gasteiger partial charge is 0.491 e. The van der Waals surface area contributed by atoms with Gasteiger partial charge in [0.2, 0.25) is 5.88 Å². The van der Waals surface area contributed by atoms with Gasteiger partial charge >= 0.3 is 6.03 Å². The number of urea groups is 1. The lowest BCUT2D eigenvalue weighted by atomic mass is 10.2. The molecule has 0 radical (unpaired) electrons. The van der Waals surface area contributed by atoms with Gasteiger partial charge in [0.05, 0.1) is 17.2 Å². The lowest BCUT2D eigenvalue weighted by molar-refractivity contribution is 0.260. The van der Waals surface area contributed by atoms with Crippen molar-refractivity contribution in [3.63, 3.8) is 0 Å². The van der Waals surface area contributed by atoms with Gasteiger partial charge in [-0.05, 0) is 36.6 Å². The van der Waals surface area contributed by atoms with Crippen LogP contribution in [0.3, 0.4) is 0 Å². The van der Waals surface area contributed by atoms with Gasteiger partial charge in [-0.15, -0.1) is 0 Å². The lowest BCUT2D eigenvalue weighted by Crippen LogP contribution is -2.20. The van der Waals surface area contributed by atoms with Gasteiger partial charge in [0.1, 0.15) is 12.4 Å². The molecule has 0 unspecified atom stereocenters. The van der Waals surface area contributed by atoms with E-state index in [0.717, 1.165) is 10.4 Å². The van der Waals surface area contributed by atoms with Gasteiger partial charge in [-0.3, -0.25) is 5.32 Å². The molecule has 0 atom stereocenters. The summed E-state index contributed by atoms with van der Waals surface area (Å²) in [5, 5.41) is 6.06. The standard InChI is InChI=1S/C21H24N4O3S/c1-14(2)12-27-18-10-15(3)7-8-17(18)24-20(26)25-21-23-11-16(29-21)13-28-19-6-4-5-9-22-19/h4-11,14H,12-13H2,1-3H3,(H2,23,24,25,26). The molecule has 152 valence electrons. The van der Waals surface area contributed by atoms with Crippen molar-refractivity contribution in [3.05, 3.63) is 59.2 Å². The normalized spacial score (nSPS) is 10.6. The number of carbonyl (C=O) groups excluding carboxylic acids is 1. The third-order valence-electron chi connectivity index (χ3n) is 3.73. The molecule has 0 aliphatic rings. The van der Waals surface area contributed by atoms with Crippen LogP contribution >= 0.6 is 11.3 Å². The van der Waals surface area contributed by atoms with E-state index < -0.39 is 0 Å². The number of aryl methyl sites for hydroxylation is 1. The first kappa shape index (κ1) is 20.6. The van der Waals surface area contributed by atoms with E-state index in [-0.39, 0.29) is 6.03 Å². The Balaban J connectivity index is 1.56. The Morgan fingerprint density at radius 3 is 2.76 bits per heavy atom. The van der Waals surface area contributed by atoms with Crippen molar-refractivity contribution in [3.8, 4) is 11.6 Å². The molecule has 0 aliphatic heterocycles. The van der Waals surface area contributed by atoms with Crippen LogP contribution < -0.4 is 20.1 Å². The van der Waals surface area contributed by atoms with Gasteiger partial charge < -0.3 is 14.8 Å². The molecule has 0 spiro atoms. The molecule has 2 amide bonds. The molecule has 7 nitrogen and oxygen atoms in total. The third-order valence-corrected chi connectivity index (χ3v) is 4.62. The molecule has 0 saturated carbocycles. The summed E-state index contributed by atoms with van der Waals surface area (Å²) in [5.74, 6) is 1.58. The zero-order valence-electron chi connectivity index (χ0n) is 16.6. The van der Waals surface area contributed by atoms with Crippen molar-refractivity contribution in [2.45, 2.75) is 27.4 Å². The van der Waals surface area contributed by atoms with Crippen LogP contribution in [0.25, 0.3) is 0 Å². The van der Waals surface area contributed by atoms with Crippen LogP contribution in [-0.4, -0.2) is 22.6 Å². The van der Waals surface area contributed by atoms with E-state index in [4.69, 9.17) is 9.47 Å². The van der Waals surface area contributed by atoms with E-state index in [9.17, 15) is 4.79 Å². The minimum absolute atomic E-state index is 0.336. The molecule has 0 fully saturated rings. The maximum absolute atomic E-state index is 12.4. The van der Waals surface area contributed by atoms with Crippen LogP contribution in [0.4, 0.5) is 15.6 Å². The Morgan fingerprint density at radius 1 is 1.14 bits per heavy atom. The smallest absolute Gasteiger partial charge is 0.325 e. The number of carbonyl (C=O) groups is 1. The monoisotopic (exact) mass is 412 g/mol. The average molecular weight is 413 g/mol. The van der Waals surface area contributed by atoms with E-state index in [2.05, 4.69) is 34.4 Å². The topological polar surface area (TPSA) is 85.4 Å². The number of hydrogen-bond acceptors (Lipinski definition) is 6. The van der Waals surface area contributed by atoms with Crippen molar-refractivity contribution in [1.29, 1.82) is 0 Å². The summed E-state index contributed by atoms with van der Waals surface area (Å²) in [5.41, 5.74) is 1.68. The number of benzene rings is 1. The number of anilines is 2. The Hall–Kier alpha value is -3.13. The zero-order chi connectivity index (χ0) is 20.6. The second-order valence-corrected chi connectivity index (χ2v) is 7.99. The quantitative estimate of drug-likeness (QED) is 0.537. The number of hydrogen-bond donors (Lipinski definition) is 2. The highest BCUT2D eigenvalue weighted by Crippen LogP contribution is 2.27.